The molecular formula is C14H22N2O2. The summed E-state index contributed by atoms with van der Waals surface area (Å²) in [5.41, 5.74) is 0.173. The van der Waals surface area contributed by atoms with Gasteiger partial charge >= 0.3 is 0 Å². The van der Waals surface area contributed by atoms with Crippen LogP contribution in [-0.2, 0) is 0 Å². The normalized spacial score (nSPS) is 10.6. The lowest BCUT2D eigenvalue weighted by atomic mass is 9.98. The van der Waals surface area contributed by atoms with Crippen LogP contribution in [0.5, 0.6) is 0 Å². The van der Waals surface area contributed by atoms with Gasteiger partial charge in [-0.3, -0.25) is 9.59 Å². The molecule has 1 rings (SSSR count). The number of amides is 1. The number of hydrogen-bond donors (Lipinski definition) is 2. The van der Waals surface area contributed by atoms with E-state index < -0.39 is 0 Å². The van der Waals surface area contributed by atoms with Crippen LogP contribution >= 0.6 is 0 Å². The summed E-state index contributed by atoms with van der Waals surface area (Å²) in [6.45, 7) is 5.00. The van der Waals surface area contributed by atoms with Gasteiger partial charge in [0.25, 0.3) is 5.91 Å². The van der Waals surface area contributed by atoms with Crippen molar-refractivity contribution in [1.82, 2.24) is 10.3 Å². The molecule has 1 aromatic heterocycles. The van der Waals surface area contributed by atoms with Gasteiger partial charge in [-0.25, -0.2) is 0 Å². The molecule has 0 saturated heterocycles. The Bertz CT molecular complexity index is 420. The minimum Gasteiger partial charge on any atom is -0.352 e. The van der Waals surface area contributed by atoms with Gasteiger partial charge in [-0.15, -0.1) is 0 Å². The van der Waals surface area contributed by atoms with E-state index in [2.05, 4.69) is 24.1 Å². The number of hydrogen-bond acceptors (Lipinski definition) is 2. The van der Waals surface area contributed by atoms with Crippen molar-refractivity contribution in [3.8, 4) is 0 Å². The van der Waals surface area contributed by atoms with E-state index in [-0.39, 0.29) is 11.5 Å². The fourth-order valence-electron chi connectivity index (χ4n) is 2.09. The summed E-state index contributed by atoms with van der Waals surface area (Å²) in [6.07, 6.45) is 6.01. The van der Waals surface area contributed by atoms with Crippen LogP contribution in [0, 0.1) is 5.92 Å². The average Bonchev–Trinajstić information content (AvgIpc) is 2.36. The Morgan fingerprint density at radius 3 is 2.56 bits per heavy atom. The zero-order valence-electron chi connectivity index (χ0n) is 11.2. The van der Waals surface area contributed by atoms with Crippen molar-refractivity contribution in [2.45, 2.75) is 39.5 Å². The van der Waals surface area contributed by atoms with Crippen LogP contribution in [0.25, 0.3) is 0 Å². The summed E-state index contributed by atoms with van der Waals surface area (Å²) < 4.78 is 0. The van der Waals surface area contributed by atoms with Crippen molar-refractivity contribution in [1.29, 1.82) is 0 Å². The molecule has 0 atom stereocenters. The predicted octanol–water partition coefficient (Wildman–Crippen LogP) is 2.32. The monoisotopic (exact) mass is 250 g/mol. The molecule has 0 unspecified atom stereocenters. The molecular weight excluding hydrogens is 228 g/mol. The van der Waals surface area contributed by atoms with Crippen molar-refractivity contribution in [3.63, 3.8) is 0 Å². The lowest BCUT2D eigenvalue weighted by Gasteiger charge is -2.15. The third-order valence-corrected chi connectivity index (χ3v) is 2.98. The standard InChI is InChI=1S/C14H22N2O2/c1-3-5-11(6-4-2)10-16-14(18)12-7-8-15-13(17)9-12/h7-9,11H,3-6,10H2,1-2H3,(H,15,17)(H,16,18). The van der Waals surface area contributed by atoms with Crippen molar-refractivity contribution < 1.29 is 4.79 Å². The summed E-state index contributed by atoms with van der Waals surface area (Å²) in [4.78, 5) is 25.4. The maximum absolute atomic E-state index is 11.8. The van der Waals surface area contributed by atoms with Crippen LogP contribution in [0.2, 0.25) is 0 Å². The Kier molecular flexibility index (Phi) is 6.19. The topological polar surface area (TPSA) is 62.0 Å². The molecule has 18 heavy (non-hydrogen) atoms. The van der Waals surface area contributed by atoms with E-state index in [1.54, 1.807) is 6.07 Å². The van der Waals surface area contributed by atoms with E-state index in [0.717, 1.165) is 25.7 Å². The summed E-state index contributed by atoms with van der Waals surface area (Å²) >= 11 is 0. The summed E-state index contributed by atoms with van der Waals surface area (Å²) in [5.74, 6) is 0.365. The molecule has 100 valence electrons. The first-order valence-electron chi connectivity index (χ1n) is 6.64. The smallest absolute Gasteiger partial charge is 0.251 e. The van der Waals surface area contributed by atoms with Crippen LogP contribution in [0.15, 0.2) is 23.1 Å². The number of carbonyl (C=O) groups excluding carboxylic acids is 1. The molecule has 1 heterocycles. The Morgan fingerprint density at radius 2 is 2.00 bits per heavy atom. The minimum atomic E-state index is -0.249. The van der Waals surface area contributed by atoms with Gasteiger partial charge in [-0.1, -0.05) is 26.7 Å². The second-order valence-corrected chi connectivity index (χ2v) is 4.60. The Hall–Kier alpha value is -1.58. The van der Waals surface area contributed by atoms with Gasteiger partial charge < -0.3 is 10.3 Å². The molecule has 0 bridgehead atoms. The van der Waals surface area contributed by atoms with Gasteiger partial charge in [0.2, 0.25) is 5.56 Å². The molecule has 0 saturated carbocycles. The lowest BCUT2D eigenvalue weighted by molar-refractivity contribution is 0.0945. The molecule has 0 aliphatic heterocycles. The Labute approximate surface area is 108 Å². The number of nitrogens with one attached hydrogen (secondary N) is 2. The zero-order valence-corrected chi connectivity index (χ0v) is 11.2. The fraction of sp³-hybridized carbons (Fsp3) is 0.571. The summed E-state index contributed by atoms with van der Waals surface area (Å²) in [6, 6.07) is 2.94. The van der Waals surface area contributed by atoms with Crippen LogP contribution < -0.4 is 10.9 Å². The number of aromatic amines is 1. The maximum Gasteiger partial charge on any atom is 0.251 e. The van der Waals surface area contributed by atoms with Crippen molar-refractivity contribution in [3.05, 3.63) is 34.2 Å². The Morgan fingerprint density at radius 1 is 1.33 bits per heavy atom. The zero-order chi connectivity index (χ0) is 13.4. The molecule has 0 aliphatic rings. The highest BCUT2D eigenvalue weighted by atomic mass is 16.2. The van der Waals surface area contributed by atoms with Crippen molar-refractivity contribution >= 4 is 5.91 Å². The van der Waals surface area contributed by atoms with E-state index in [1.807, 2.05) is 0 Å². The van der Waals surface area contributed by atoms with Crippen LogP contribution in [0.3, 0.4) is 0 Å². The SMILES string of the molecule is CCCC(CCC)CNC(=O)c1cc[nH]c(=O)c1. The first kappa shape index (κ1) is 14.5. The average molecular weight is 250 g/mol. The van der Waals surface area contributed by atoms with Crippen molar-refractivity contribution in [2.24, 2.45) is 5.92 Å². The molecule has 0 aliphatic carbocycles. The second kappa shape index (κ2) is 7.69. The highest BCUT2D eigenvalue weighted by Gasteiger charge is 2.10. The number of aromatic nitrogens is 1. The minimum absolute atomic E-state index is 0.168. The number of H-pyrrole nitrogens is 1. The van der Waals surface area contributed by atoms with Crippen LogP contribution in [-0.4, -0.2) is 17.4 Å². The van der Waals surface area contributed by atoms with Gasteiger partial charge in [0, 0.05) is 24.4 Å². The van der Waals surface area contributed by atoms with Crippen molar-refractivity contribution in [2.75, 3.05) is 6.54 Å². The van der Waals surface area contributed by atoms with E-state index in [4.69, 9.17) is 0 Å². The van der Waals surface area contributed by atoms with Crippen LogP contribution in [0.4, 0.5) is 0 Å². The summed E-state index contributed by atoms with van der Waals surface area (Å²) in [7, 11) is 0. The summed E-state index contributed by atoms with van der Waals surface area (Å²) in [5, 5.41) is 2.90. The van der Waals surface area contributed by atoms with Gasteiger partial charge in [0.1, 0.15) is 0 Å². The Balaban J connectivity index is 2.51. The van der Waals surface area contributed by atoms with Gasteiger partial charge in [0.15, 0.2) is 0 Å². The van der Waals surface area contributed by atoms with Crippen LogP contribution in [0.1, 0.15) is 49.9 Å². The van der Waals surface area contributed by atoms with Gasteiger partial charge in [0.05, 0.1) is 0 Å². The number of pyridine rings is 1. The predicted molar refractivity (Wildman–Crippen MR) is 72.7 cm³/mol. The lowest BCUT2D eigenvalue weighted by Crippen LogP contribution is -2.30. The third kappa shape index (κ3) is 4.73. The van der Waals surface area contributed by atoms with E-state index in [1.165, 1.54) is 12.3 Å². The van der Waals surface area contributed by atoms with E-state index in [9.17, 15) is 9.59 Å². The molecule has 0 aromatic carbocycles. The molecule has 0 spiro atoms. The van der Waals surface area contributed by atoms with E-state index >= 15 is 0 Å². The molecule has 0 radical (unpaired) electrons. The molecule has 1 aromatic rings. The molecule has 4 nitrogen and oxygen atoms in total. The quantitative estimate of drug-likeness (QED) is 0.780. The molecule has 2 N–H and O–H groups in total. The largest absolute Gasteiger partial charge is 0.352 e. The number of carbonyl (C=O) groups is 1. The second-order valence-electron chi connectivity index (χ2n) is 4.60. The number of rotatable bonds is 7. The van der Waals surface area contributed by atoms with Gasteiger partial charge in [-0.2, -0.15) is 0 Å². The first-order chi connectivity index (χ1) is 8.67. The fourth-order valence-corrected chi connectivity index (χ4v) is 2.09. The van der Waals surface area contributed by atoms with E-state index in [0.29, 0.717) is 18.0 Å². The molecule has 0 fully saturated rings. The third-order valence-electron chi connectivity index (χ3n) is 2.98. The molecule has 1 amide bonds. The highest BCUT2D eigenvalue weighted by molar-refractivity contribution is 5.93. The maximum atomic E-state index is 11.8. The van der Waals surface area contributed by atoms with Gasteiger partial charge in [-0.05, 0) is 24.8 Å². The highest BCUT2D eigenvalue weighted by Crippen LogP contribution is 2.12. The molecule has 4 heteroatoms. The first-order valence-corrected chi connectivity index (χ1v) is 6.64.